The van der Waals surface area contributed by atoms with E-state index in [2.05, 4.69) is 4.98 Å². The molecule has 0 bridgehead atoms. The molecule has 8 nitrogen and oxygen atoms in total. The van der Waals surface area contributed by atoms with Crippen molar-refractivity contribution < 1.29 is 28.6 Å². The maximum Gasteiger partial charge on any atom is 0.166 e. The van der Waals surface area contributed by atoms with E-state index in [0.717, 1.165) is 66.3 Å². The van der Waals surface area contributed by atoms with E-state index < -0.39 is 0 Å². The minimum absolute atomic E-state index is 0.659. The number of hydrogen-bond donors (Lipinski definition) is 2. The highest BCUT2D eigenvalue weighted by atomic mass is 32.2. The van der Waals surface area contributed by atoms with Gasteiger partial charge in [-0.1, -0.05) is 11.8 Å². The van der Waals surface area contributed by atoms with Crippen molar-refractivity contribution in [3.8, 4) is 45.5 Å². The van der Waals surface area contributed by atoms with Crippen LogP contribution < -0.4 is 23.8 Å². The van der Waals surface area contributed by atoms with Crippen molar-refractivity contribution in [1.82, 2.24) is 9.97 Å². The number of imidazole rings is 1. The lowest BCUT2D eigenvalue weighted by Crippen LogP contribution is -3.14. The van der Waals surface area contributed by atoms with Gasteiger partial charge in [0.15, 0.2) is 28.2 Å². The SMILES string of the molecule is COc1ccc(-c2nc(SCC[NH+]3CCOCC3)[nH]c2-c2ccc(OC)c(OC)c2)cc1OC. The zero-order chi connectivity index (χ0) is 23.9. The van der Waals surface area contributed by atoms with Crippen LogP contribution in [0.15, 0.2) is 41.6 Å². The van der Waals surface area contributed by atoms with Crippen LogP contribution in [0.5, 0.6) is 23.0 Å². The monoisotopic (exact) mass is 486 g/mol. The fourth-order valence-corrected chi connectivity index (χ4v) is 4.93. The van der Waals surface area contributed by atoms with Gasteiger partial charge in [0.05, 0.1) is 65.3 Å². The summed E-state index contributed by atoms with van der Waals surface area (Å²) in [6.45, 7) is 4.88. The Morgan fingerprint density at radius 1 is 0.853 bits per heavy atom. The average Bonchev–Trinajstić information content (AvgIpc) is 3.32. The topological polar surface area (TPSA) is 79.3 Å². The molecule has 0 atom stereocenters. The van der Waals surface area contributed by atoms with Gasteiger partial charge in [-0.15, -0.1) is 0 Å². The zero-order valence-corrected chi connectivity index (χ0v) is 20.9. The van der Waals surface area contributed by atoms with E-state index in [-0.39, 0.29) is 0 Å². The molecule has 4 rings (SSSR count). The van der Waals surface area contributed by atoms with Gasteiger partial charge in [0.25, 0.3) is 0 Å². The van der Waals surface area contributed by atoms with Crippen molar-refractivity contribution in [2.75, 3.05) is 67.0 Å². The Morgan fingerprint density at radius 3 is 2.06 bits per heavy atom. The molecule has 0 unspecified atom stereocenters. The molecule has 0 aliphatic carbocycles. The highest BCUT2D eigenvalue weighted by Crippen LogP contribution is 2.39. The Hall–Kier alpha value is -2.88. The summed E-state index contributed by atoms with van der Waals surface area (Å²) >= 11 is 1.73. The van der Waals surface area contributed by atoms with Gasteiger partial charge in [0, 0.05) is 11.1 Å². The van der Waals surface area contributed by atoms with Crippen molar-refractivity contribution in [2.45, 2.75) is 5.16 Å². The van der Waals surface area contributed by atoms with Gasteiger partial charge in [-0.25, -0.2) is 4.98 Å². The zero-order valence-electron chi connectivity index (χ0n) is 20.1. The van der Waals surface area contributed by atoms with Crippen LogP contribution in [0.4, 0.5) is 0 Å². The lowest BCUT2D eigenvalue weighted by atomic mass is 10.0. The number of aromatic nitrogens is 2. The summed E-state index contributed by atoms with van der Waals surface area (Å²) < 4.78 is 27.4. The third-order valence-corrected chi connectivity index (χ3v) is 6.78. The van der Waals surface area contributed by atoms with Gasteiger partial charge in [-0.05, 0) is 36.4 Å². The number of thioether (sulfide) groups is 1. The Balaban J connectivity index is 1.67. The molecule has 0 radical (unpaired) electrons. The standard InChI is InChI=1S/C25H31N3O5S/c1-29-19-7-5-17(15-21(19)31-3)23-24(18-6-8-20(30-2)22(16-18)32-4)27-25(26-23)34-14-11-28-9-12-33-13-10-28/h5-8,15-16H,9-14H2,1-4H3,(H,26,27)/p+1. The number of aromatic amines is 1. The average molecular weight is 487 g/mol. The lowest BCUT2D eigenvalue weighted by Gasteiger charge is -2.23. The van der Waals surface area contributed by atoms with Gasteiger partial charge in [0.2, 0.25) is 0 Å². The van der Waals surface area contributed by atoms with Gasteiger partial charge < -0.3 is 33.6 Å². The molecule has 1 aliphatic rings. The number of methoxy groups -OCH3 is 4. The summed E-state index contributed by atoms with van der Waals surface area (Å²) in [4.78, 5) is 10.1. The van der Waals surface area contributed by atoms with Crippen LogP contribution in [0, 0.1) is 0 Å². The van der Waals surface area contributed by atoms with E-state index in [9.17, 15) is 0 Å². The Bertz CT molecular complexity index is 1030. The predicted molar refractivity (Wildman–Crippen MR) is 133 cm³/mol. The first kappa shape index (κ1) is 24.3. The second-order valence-electron chi connectivity index (χ2n) is 7.87. The van der Waals surface area contributed by atoms with E-state index in [0.29, 0.717) is 23.0 Å². The quantitative estimate of drug-likeness (QED) is 0.427. The van der Waals surface area contributed by atoms with Crippen LogP contribution in [0.3, 0.4) is 0 Å². The predicted octanol–water partition coefficient (Wildman–Crippen LogP) is 2.79. The van der Waals surface area contributed by atoms with Crippen LogP contribution in [-0.4, -0.2) is 77.0 Å². The molecule has 1 saturated heterocycles. The minimum atomic E-state index is 0.659. The molecule has 0 saturated carbocycles. The lowest BCUT2D eigenvalue weighted by molar-refractivity contribution is -0.905. The number of morpholine rings is 1. The third kappa shape index (κ3) is 5.43. The first-order valence-electron chi connectivity index (χ1n) is 11.3. The molecule has 182 valence electrons. The van der Waals surface area contributed by atoms with Crippen molar-refractivity contribution in [2.24, 2.45) is 0 Å². The van der Waals surface area contributed by atoms with Crippen LogP contribution >= 0.6 is 11.8 Å². The summed E-state index contributed by atoms with van der Waals surface area (Å²) in [6, 6.07) is 11.7. The number of rotatable bonds is 10. The summed E-state index contributed by atoms with van der Waals surface area (Å²) in [7, 11) is 6.54. The Morgan fingerprint density at radius 2 is 1.44 bits per heavy atom. The Labute approximate surface area is 204 Å². The highest BCUT2D eigenvalue weighted by molar-refractivity contribution is 7.99. The highest BCUT2D eigenvalue weighted by Gasteiger charge is 2.19. The molecular formula is C25H32N3O5S+. The summed E-state index contributed by atoms with van der Waals surface area (Å²) in [5.74, 6) is 3.66. The van der Waals surface area contributed by atoms with Crippen LogP contribution in [0.1, 0.15) is 0 Å². The molecule has 0 amide bonds. The third-order valence-electron chi connectivity index (χ3n) is 5.91. The molecular weight excluding hydrogens is 454 g/mol. The molecule has 34 heavy (non-hydrogen) atoms. The van der Waals surface area contributed by atoms with E-state index in [1.165, 1.54) is 0 Å². The van der Waals surface area contributed by atoms with E-state index in [4.69, 9.17) is 28.7 Å². The molecule has 3 aromatic rings. The maximum atomic E-state index is 5.54. The van der Waals surface area contributed by atoms with Crippen LogP contribution in [-0.2, 0) is 4.74 Å². The molecule has 1 aliphatic heterocycles. The molecule has 9 heteroatoms. The first-order valence-corrected chi connectivity index (χ1v) is 12.2. The number of quaternary nitrogens is 1. The van der Waals surface area contributed by atoms with Gasteiger partial charge in [-0.3, -0.25) is 0 Å². The molecule has 0 spiro atoms. The summed E-state index contributed by atoms with van der Waals surface area (Å²) in [6.07, 6.45) is 0. The summed E-state index contributed by atoms with van der Waals surface area (Å²) in [5, 5.41) is 0.877. The number of ether oxygens (including phenoxy) is 5. The van der Waals surface area contributed by atoms with Gasteiger partial charge in [0.1, 0.15) is 13.1 Å². The summed E-state index contributed by atoms with van der Waals surface area (Å²) in [5.41, 5.74) is 3.65. The molecule has 1 fully saturated rings. The molecule has 2 aromatic carbocycles. The smallest absolute Gasteiger partial charge is 0.166 e. The first-order chi connectivity index (χ1) is 16.7. The van der Waals surface area contributed by atoms with Crippen LogP contribution in [0.2, 0.25) is 0 Å². The second-order valence-corrected chi connectivity index (χ2v) is 8.95. The Kier molecular flexibility index (Phi) is 8.21. The largest absolute Gasteiger partial charge is 0.493 e. The van der Waals surface area contributed by atoms with Gasteiger partial charge in [-0.2, -0.15) is 0 Å². The molecule has 1 aromatic heterocycles. The fourth-order valence-electron chi connectivity index (χ4n) is 4.02. The van der Waals surface area contributed by atoms with Gasteiger partial charge >= 0.3 is 0 Å². The van der Waals surface area contributed by atoms with E-state index >= 15 is 0 Å². The van der Waals surface area contributed by atoms with Crippen molar-refractivity contribution in [3.63, 3.8) is 0 Å². The number of nitrogens with one attached hydrogen (secondary N) is 2. The molecule has 2 heterocycles. The minimum Gasteiger partial charge on any atom is -0.493 e. The fraction of sp³-hybridized carbons (Fsp3) is 0.400. The normalized spacial score (nSPS) is 14.1. The number of benzene rings is 2. The maximum absolute atomic E-state index is 5.54. The van der Waals surface area contributed by atoms with Crippen molar-refractivity contribution in [1.29, 1.82) is 0 Å². The number of nitrogens with zero attached hydrogens (tertiary/aromatic N) is 1. The number of hydrogen-bond acceptors (Lipinski definition) is 7. The molecule has 2 N–H and O–H groups in total. The van der Waals surface area contributed by atoms with Crippen LogP contribution in [0.25, 0.3) is 22.5 Å². The van der Waals surface area contributed by atoms with E-state index in [1.807, 2.05) is 36.4 Å². The van der Waals surface area contributed by atoms with E-state index in [1.54, 1.807) is 45.1 Å². The van der Waals surface area contributed by atoms with Crippen molar-refractivity contribution in [3.05, 3.63) is 36.4 Å². The van der Waals surface area contributed by atoms with Crippen molar-refractivity contribution >= 4 is 11.8 Å². The number of H-pyrrole nitrogens is 1. The second kappa shape index (κ2) is 11.5.